The third-order valence-electron chi connectivity index (χ3n) is 3.65. The molecule has 0 radical (unpaired) electrons. The number of aryl methyl sites for hydroxylation is 1. The van der Waals surface area contributed by atoms with Crippen LogP contribution in [0, 0.1) is 12.8 Å². The van der Waals surface area contributed by atoms with Crippen molar-refractivity contribution < 1.29 is 8.42 Å². The fraction of sp³-hybridized carbons (Fsp3) is 0.571. The molecule has 1 aliphatic heterocycles. The molecule has 2 unspecified atom stereocenters. The molecule has 1 aliphatic rings. The maximum Gasteiger partial charge on any atom is 0.150 e. The molecule has 0 bridgehead atoms. The van der Waals surface area contributed by atoms with Crippen LogP contribution in [0.2, 0.25) is 5.02 Å². The zero-order chi connectivity index (χ0) is 14.0. The van der Waals surface area contributed by atoms with E-state index >= 15 is 0 Å². The van der Waals surface area contributed by atoms with Gasteiger partial charge >= 0.3 is 0 Å². The van der Waals surface area contributed by atoms with Crippen LogP contribution in [0.5, 0.6) is 0 Å². The van der Waals surface area contributed by atoms with E-state index in [0.717, 1.165) is 29.0 Å². The number of nitrogens with two attached hydrogens (primary N) is 1. The van der Waals surface area contributed by atoms with Crippen LogP contribution >= 0.6 is 11.6 Å². The van der Waals surface area contributed by atoms with Gasteiger partial charge < -0.3 is 5.73 Å². The third-order valence-corrected chi connectivity index (χ3v) is 5.84. The van der Waals surface area contributed by atoms with E-state index in [1.807, 2.05) is 25.1 Å². The lowest BCUT2D eigenvalue weighted by atomic mass is 9.95. The lowest BCUT2D eigenvalue weighted by Gasteiger charge is -2.16. The van der Waals surface area contributed by atoms with Gasteiger partial charge in [0, 0.05) is 11.1 Å². The minimum Gasteiger partial charge on any atom is -0.327 e. The van der Waals surface area contributed by atoms with Crippen LogP contribution in [0.1, 0.15) is 24.0 Å². The molecule has 0 spiro atoms. The Morgan fingerprint density at radius 2 is 2.21 bits per heavy atom. The summed E-state index contributed by atoms with van der Waals surface area (Å²) >= 11 is 6.18. The first-order chi connectivity index (χ1) is 8.85. The van der Waals surface area contributed by atoms with E-state index in [0.29, 0.717) is 17.9 Å². The zero-order valence-electron chi connectivity index (χ0n) is 11.1. The summed E-state index contributed by atoms with van der Waals surface area (Å²) in [6.45, 7) is 2.00. The SMILES string of the molecule is Cc1ccc(CC(N)CC2CCS(=O)(=O)C2)c(Cl)c1. The first-order valence-electron chi connectivity index (χ1n) is 6.57. The van der Waals surface area contributed by atoms with Crippen molar-refractivity contribution in [3.05, 3.63) is 34.3 Å². The van der Waals surface area contributed by atoms with Crippen LogP contribution in [0.4, 0.5) is 0 Å². The molecule has 1 heterocycles. The molecule has 0 aromatic heterocycles. The Hall–Kier alpha value is -0.580. The molecule has 106 valence electrons. The minimum absolute atomic E-state index is 0.0292. The molecule has 2 rings (SSSR count). The molecule has 0 amide bonds. The fourth-order valence-corrected chi connectivity index (χ4v) is 4.86. The van der Waals surface area contributed by atoms with Crippen molar-refractivity contribution >= 4 is 21.4 Å². The van der Waals surface area contributed by atoms with Gasteiger partial charge in [-0.25, -0.2) is 8.42 Å². The van der Waals surface area contributed by atoms with Crippen LogP contribution in [-0.2, 0) is 16.3 Å². The third kappa shape index (κ3) is 4.20. The number of halogens is 1. The molecule has 5 heteroatoms. The van der Waals surface area contributed by atoms with Crippen molar-refractivity contribution in [1.82, 2.24) is 0 Å². The Morgan fingerprint density at radius 3 is 2.79 bits per heavy atom. The summed E-state index contributed by atoms with van der Waals surface area (Å²) in [4.78, 5) is 0. The minimum atomic E-state index is -2.81. The normalized spacial score (nSPS) is 23.4. The van der Waals surface area contributed by atoms with Gasteiger partial charge in [0.1, 0.15) is 0 Å². The Bertz CT molecular complexity index is 557. The molecule has 3 nitrogen and oxygen atoms in total. The van der Waals surface area contributed by atoms with Gasteiger partial charge in [0.2, 0.25) is 0 Å². The number of rotatable bonds is 4. The van der Waals surface area contributed by atoms with E-state index in [1.54, 1.807) is 0 Å². The first-order valence-corrected chi connectivity index (χ1v) is 8.77. The standard InChI is InChI=1S/C14H20ClNO2S/c1-10-2-3-12(14(15)6-10)8-13(16)7-11-4-5-19(17,18)9-11/h2-3,6,11,13H,4-5,7-9,16H2,1H3. The summed E-state index contributed by atoms with van der Waals surface area (Å²) < 4.78 is 22.8. The molecule has 1 aromatic rings. The Kier molecular flexibility index (Phi) is 4.54. The van der Waals surface area contributed by atoms with Gasteiger partial charge in [-0.3, -0.25) is 0 Å². The molecule has 0 aliphatic carbocycles. The Balaban J connectivity index is 1.93. The fourth-order valence-electron chi connectivity index (χ4n) is 2.67. The predicted molar refractivity (Wildman–Crippen MR) is 79.2 cm³/mol. The monoisotopic (exact) mass is 301 g/mol. The van der Waals surface area contributed by atoms with Crippen LogP contribution in [0.25, 0.3) is 0 Å². The van der Waals surface area contributed by atoms with Crippen LogP contribution in [-0.4, -0.2) is 26.0 Å². The molecule has 1 saturated heterocycles. The molecule has 2 atom stereocenters. The highest BCUT2D eigenvalue weighted by atomic mass is 35.5. The zero-order valence-corrected chi connectivity index (χ0v) is 12.7. The van der Waals surface area contributed by atoms with E-state index in [-0.39, 0.29) is 12.0 Å². The smallest absolute Gasteiger partial charge is 0.150 e. The maximum atomic E-state index is 11.4. The lowest BCUT2D eigenvalue weighted by Crippen LogP contribution is -2.26. The van der Waals surface area contributed by atoms with E-state index in [4.69, 9.17) is 17.3 Å². The van der Waals surface area contributed by atoms with Crippen molar-refractivity contribution in [2.45, 2.75) is 32.2 Å². The van der Waals surface area contributed by atoms with Crippen molar-refractivity contribution in [2.24, 2.45) is 11.7 Å². The van der Waals surface area contributed by atoms with Crippen molar-refractivity contribution in [3.63, 3.8) is 0 Å². The summed E-state index contributed by atoms with van der Waals surface area (Å²) in [5.41, 5.74) is 8.30. The van der Waals surface area contributed by atoms with E-state index < -0.39 is 9.84 Å². The van der Waals surface area contributed by atoms with Crippen LogP contribution < -0.4 is 5.73 Å². The molecule has 1 fully saturated rings. The first kappa shape index (κ1) is 14.8. The van der Waals surface area contributed by atoms with Gasteiger partial charge in [0.15, 0.2) is 9.84 Å². The second kappa shape index (κ2) is 5.81. The number of benzene rings is 1. The predicted octanol–water partition coefficient (Wildman–Crippen LogP) is 2.34. The second-order valence-corrected chi connectivity index (χ2v) is 8.20. The van der Waals surface area contributed by atoms with Gasteiger partial charge in [-0.1, -0.05) is 23.7 Å². The number of hydrogen-bond donors (Lipinski definition) is 1. The molecule has 2 N–H and O–H groups in total. The molecular formula is C14H20ClNO2S. The van der Waals surface area contributed by atoms with Crippen molar-refractivity contribution in [2.75, 3.05) is 11.5 Å². The van der Waals surface area contributed by atoms with Gasteiger partial charge in [-0.2, -0.15) is 0 Å². The average Bonchev–Trinajstić information content (AvgIpc) is 2.62. The molecule has 19 heavy (non-hydrogen) atoms. The summed E-state index contributed by atoms with van der Waals surface area (Å²) in [5, 5.41) is 0.745. The largest absolute Gasteiger partial charge is 0.327 e. The lowest BCUT2D eigenvalue weighted by molar-refractivity contribution is 0.468. The molecule has 0 saturated carbocycles. The highest BCUT2D eigenvalue weighted by molar-refractivity contribution is 7.91. The van der Waals surface area contributed by atoms with Crippen LogP contribution in [0.3, 0.4) is 0 Å². The van der Waals surface area contributed by atoms with Crippen molar-refractivity contribution in [3.8, 4) is 0 Å². The number of hydrogen-bond acceptors (Lipinski definition) is 3. The summed E-state index contributed by atoms with van der Waals surface area (Å²) in [5.74, 6) is 0.821. The summed E-state index contributed by atoms with van der Waals surface area (Å²) in [6.07, 6.45) is 2.21. The molecule has 1 aromatic carbocycles. The summed E-state index contributed by atoms with van der Waals surface area (Å²) in [7, 11) is -2.81. The second-order valence-electron chi connectivity index (χ2n) is 5.56. The van der Waals surface area contributed by atoms with Gasteiger partial charge in [-0.05, 0) is 49.3 Å². The van der Waals surface area contributed by atoms with Crippen LogP contribution in [0.15, 0.2) is 18.2 Å². The van der Waals surface area contributed by atoms with Gasteiger partial charge in [-0.15, -0.1) is 0 Å². The van der Waals surface area contributed by atoms with E-state index in [9.17, 15) is 8.42 Å². The highest BCUT2D eigenvalue weighted by Crippen LogP contribution is 2.25. The van der Waals surface area contributed by atoms with Crippen molar-refractivity contribution in [1.29, 1.82) is 0 Å². The molecular weight excluding hydrogens is 282 g/mol. The van der Waals surface area contributed by atoms with Gasteiger partial charge in [0.05, 0.1) is 11.5 Å². The maximum absolute atomic E-state index is 11.4. The highest BCUT2D eigenvalue weighted by Gasteiger charge is 2.29. The van der Waals surface area contributed by atoms with Gasteiger partial charge in [0.25, 0.3) is 0 Å². The van der Waals surface area contributed by atoms with E-state index in [2.05, 4.69) is 0 Å². The summed E-state index contributed by atoms with van der Waals surface area (Å²) in [6, 6.07) is 5.93. The Labute approximate surface area is 120 Å². The Morgan fingerprint density at radius 1 is 1.47 bits per heavy atom. The topological polar surface area (TPSA) is 60.2 Å². The average molecular weight is 302 g/mol. The number of sulfone groups is 1. The van der Waals surface area contributed by atoms with E-state index in [1.165, 1.54) is 0 Å². The quantitative estimate of drug-likeness (QED) is 0.928.